The molecule has 0 saturated carbocycles. The van der Waals surface area contributed by atoms with E-state index in [1.165, 1.54) is 5.56 Å². The van der Waals surface area contributed by atoms with Crippen molar-refractivity contribution in [2.45, 2.75) is 27.2 Å². The fourth-order valence-electron chi connectivity index (χ4n) is 1.91. The Hall–Kier alpha value is -1.86. The van der Waals surface area contributed by atoms with Crippen LogP contribution in [0.1, 0.15) is 23.6 Å². The maximum atomic E-state index is 11.9. The molecule has 2 aromatic carbocycles. The lowest BCUT2D eigenvalue weighted by molar-refractivity contribution is 0.413. The van der Waals surface area contributed by atoms with E-state index in [1.807, 2.05) is 44.2 Å². The first kappa shape index (κ1) is 14.5. The minimum atomic E-state index is -2.23. The third-order valence-electron chi connectivity index (χ3n) is 3.09. The van der Waals surface area contributed by atoms with Crippen molar-refractivity contribution in [3.63, 3.8) is 0 Å². The smallest absolute Gasteiger partial charge is 0.222 e. The molecule has 0 bridgehead atoms. The predicted molar refractivity (Wildman–Crippen MR) is 80.6 cm³/mol. The first-order chi connectivity index (χ1) is 9.60. The molecule has 0 fully saturated rings. The van der Waals surface area contributed by atoms with Gasteiger partial charge >= 0.3 is 8.25 Å². The van der Waals surface area contributed by atoms with Crippen molar-refractivity contribution < 1.29 is 13.6 Å². The van der Waals surface area contributed by atoms with Crippen molar-refractivity contribution in [1.29, 1.82) is 0 Å². The van der Waals surface area contributed by atoms with E-state index in [9.17, 15) is 4.57 Å². The van der Waals surface area contributed by atoms with E-state index in [2.05, 4.69) is 6.92 Å². The van der Waals surface area contributed by atoms with Crippen LogP contribution in [0.25, 0.3) is 0 Å². The average Bonchev–Trinajstić information content (AvgIpc) is 2.44. The largest absolute Gasteiger partial charge is 0.805 e. The topological polar surface area (TPSA) is 35.5 Å². The molecule has 4 heteroatoms. The van der Waals surface area contributed by atoms with Crippen LogP contribution in [0, 0.1) is 13.8 Å². The van der Waals surface area contributed by atoms with Crippen LogP contribution in [0.4, 0.5) is 0 Å². The van der Waals surface area contributed by atoms with Crippen LogP contribution in [0.2, 0.25) is 0 Å². The molecule has 0 aliphatic rings. The maximum absolute atomic E-state index is 11.9. The summed E-state index contributed by atoms with van der Waals surface area (Å²) in [5.74, 6) is 1.17. The van der Waals surface area contributed by atoms with Gasteiger partial charge in [-0.15, -0.1) is 0 Å². The predicted octanol–water partition coefficient (Wildman–Crippen LogP) is 4.98. The Morgan fingerprint density at radius 1 is 0.950 bits per heavy atom. The Balaban J connectivity index is 2.05. The van der Waals surface area contributed by atoms with E-state index in [4.69, 9.17) is 9.05 Å². The molecule has 1 atom stereocenters. The van der Waals surface area contributed by atoms with Crippen molar-refractivity contribution in [2.24, 2.45) is 0 Å². The van der Waals surface area contributed by atoms with Gasteiger partial charge in [0, 0.05) is 4.57 Å². The van der Waals surface area contributed by atoms with Crippen LogP contribution < -0.4 is 9.05 Å². The monoisotopic (exact) mass is 289 g/mol. The molecule has 0 radical (unpaired) electrons. The van der Waals surface area contributed by atoms with Crippen molar-refractivity contribution in [3.8, 4) is 11.5 Å². The highest BCUT2D eigenvalue weighted by molar-refractivity contribution is 7.34. The van der Waals surface area contributed by atoms with Gasteiger partial charge in [-0.05, 0) is 49.1 Å². The number of hydrogen-bond acceptors (Lipinski definition) is 3. The average molecular weight is 289 g/mol. The van der Waals surface area contributed by atoms with E-state index < -0.39 is 8.25 Å². The quantitative estimate of drug-likeness (QED) is 0.728. The van der Waals surface area contributed by atoms with E-state index in [0.717, 1.165) is 17.5 Å². The van der Waals surface area contributed by atoms with Crippen molar-refractivity contribution >= 4 is 8.25 Å². The lowest BCUT2D eigenvalue weighted by atomic mass is 10.1. The zero-order chi connectivity index (χ0) is 14.5. The fraction of sp³-hybridized carbons (Fsp3) is 0.250. The van der Waals surface area contributed by atoms with E-state index >= 15 is 0 Å². The lowest BCUT2D eigenvalue weighted by Gasteiger charge is -2.02. The fourth-order valence-corrected chi connectivity index (χ4v) is 2.68. The highest BCUT2D eigenvalue weighted by Crippen LogP contribution is 2.34. The van der Waals surface area contributed by atoms with E-state index in [1.54, 1.807) is 12.1 Å². The number of aryl methyl sites for hydroxylation is 3. The zero-order valence-corrected chi connectivity index (χ0v) is 12.8. The molecule has 2 rings (SSSR count). The minimum absolute atomic E-state index is 0.551. The van der Waals surface area contributed by atoms with Crippen molar-refractivity contribution in [2.75, 3.05) is 0 Å². The Morgan fingerprint density at radius 3 is 2.10 bits per heavy atom. The van der Waals surface area contributed by atoms with Gasteiger partial charge in [0.25, 0.3) is 0 Å². The molecule has 104 valence electrons. The Kier molecular flexibility index (Phi) is 4.75. The number of benzene rings is 2. The number of rotatable bonds is 5. The summed E-state index contributed by atoms with van der Waals surface area (Å²) in [4.78, 5) is 0. The van der Waals surface area contributed by atoms with Crippen LogP contribution in [0.15, 0.2) is 42.5 Å². The van der Waals surface area contributed by atoms with Gasteiger partial charge < -0.3 is 0 Å². The van der Waals surface area contributed by atoms with Gasteiger partial charge in [-0.3, -0.25) is 0 Å². The Labute approximate surface area is 120 Å². The Morgan fingerprint density at radius 2 is 1.55 bits per heavy atom. The van der Waals surface area contributed by atoms with Gasteiger partial charge in [-0.2, -0.15) is 0 Å². The molecule has 0 aliphatic heterocycles. The molecule has 20 heavy (non-hydrogen) atoms. The summed E-state index contributed by atoms with van der Waals surface area (Å²) in [6.45, 7) is 5.92. The summed E-state index contributed by atoms with van der Waals surface area (Å²) in [5.41, 5.74) is 3.10. The summed E-state index contributed by atoms with van der Waals surface area (Å²) in [6, 6.07) is 13.3. The van der Waals surface area contributed by atoms with Crippen LogP contribution in [-0.4, -0.2) is 0 Å². The molecular formula is C16H18O3P+. The van der Waals surface area contributed by atoms with Crippen LogP contribution in [0.5, 0.6) is 11.5 Å². The lowest BCUT2D eigenvalue weighted by Crippen LogP contribution is -1.93. The summed E-state index contributed by atoms with van der Waals surface area (Å²) in [6.07, 6.45) is 0.964. The van der Waals surface area contributed by atoms with Gasteiger partial charge in [-0.25, -0.2) is 9.05 Å². The normalized spacial score (nSPS) is 11.1. The molecule has 0 aliphatic carbocycles. The molecule has 1 unspecified atom stereocenters. The second-order valence-corrected chi connectivity index (χ2v) is 5.44. The van der Waals surface area contributed by atoms with Gasteiger partial charge in [0.05, 0.1) is 0 Å². The molecule has 3 nitrogen and oxygen atoms in total. The SMILES string of the molecule is CCc1ccc(O[P+](=O)Oc2c(C)cccc2C)cc1. The third-order valence-corrected chi connectivity index (χ3v) is 3.78. The number of para-hydroxylation sites is 1. The van der Waals surface area contributed by atoms with E-state index in [0.29, 0.717) is 11.5 Å². The van der Waals surface area contributed by atoms with Gasteiger partial charge in [0.2, 0.25) is 0 Å². The minimum Gasteiger partial charge on any atom is -0.222 e. The second-order valence-electron chi connectivity index (χ2n) is 4.62. The third kappa shape index (κ3) is 3.58. The Bertz CT molecular complexity index is 585. The summed E-state index contributed by atoms with van der Waals surface area (Å²) >= 11 is 0. The zero-order valence-electron chi connectivity index (χ0n) is 11.9. The van der Waals surface area contributed by atoms with Gasteiger partial charge in [-0.1, -0.05) is 37.3 Å². The molecular weight excluding hydrogens is 271 g/mol. The standard InChI is InChI=1S/C16H18O3P/c1-4-14-8-10-15(11-9-14)18-20(17)19-16-12(2)6-5-7-13(16)3/h5-11H,4H2,1-3H3/q+1. The maximum Gasteiger partial charge on any atom is 0.805 e. The highest BCUT2D eigenvalue weighted by Gasteiger charge is 2.26. The van der Waals surface area contributed by atoms with Crippen LogP contribution in [-0.2, 0) is 11.0 Å². The molecule has 0 amide bonds. The summed E-state index contributed by atoms with van der Waals surface area (Å²) in [5, 5.41) is 0. The van der Waals surface area contributed by atoms with Crippen molar-refractivity contribution in [1.82, 2.24) is 0 Å². The molecule has 0 saturated heterocycles. The second kappa shape index (κ2) is 6.53. The van der Waals surface area contributed by atoms with Crippen LogP contribution in [0.3, 0.4) is 0 Å². The highest BCUT2D eigenvalue weighted by atomic mass is 31.1. The van der Waals surface area contributed by atoms with Gasteiger partial charge in [0.1, 0.15) is 0 Å². The van der Waals surface area contributed by atoms with Crippen molar-refractivity contribution in [3.05, 3.63) is 59.2 Å². The van der Waals surface area contributed by atoms with Gasteiger partial charge in [0.15, 0.2) is 11.5 Å². The molecule has 0 spiro atoms. The molecule has 2 aromatic rings. The molecule has 0 N–H and O–H groups in total. The first-order valence-corrected chi connectivity index (χ1v) is 7.68. The number of hydrogen-bond donors (Lipinski definition) is 0. The summed E-state index contributed by atoms with van der Waals surface area (Å²) in [7, 11) is -2.23. The summed E-state index contributed by atoms with van der Waals surface area (Å²) < 4.78 is 22.7. The molecule has 0 heterocycles. The molecule has 0 aromatic heterocycles. The van der Waals surface area contributed by atoms with Crippen LogP contribution >= 0.6 is 8.25 Å². The first-order valence-electron chi connectivity index (χ1n) is 6.58. The van der Waals surface area contributed by atoms with E-state index in [-0.39, 0.29) is 0 Å².